The normalized spacial score (nSPS) is 25.5. The molecule has 18 heavy (non-hydrogen) atoms. The van der Waals surface area contributed by atoms with Gasteiger partial charge in [-0.2, -0.15) is 0 Å². The van der Waals surface area contributed by atoms with E-state index in [1.54, 1.807) is 0 Å². The van der Waals surface area contributed by atoms with Gasteiger partial charge in [-0.05, 0) is 31.1 Å². The maximum atomic E-state index is 10.4. The highest BCUT2D eigenvalue weighted by atomic mass is 16.3. The molecule has 1 N–H and O–H groups in total. The van der Waals surface area contributed by atoms with Gasteiger partial charge in [0.2, 0.25) is 0 Å². The smallest absolute Gasteiger partial charge is 0.111 e. The third-order valence-corrected chi connectivity index (χ3v) is 4.36. The summed E-state index contributed by atoms with van der Waals surface area (Å²) in [6, 6.07) is 0. The van der Waals surface area contributed by atoms with Crippen molar-refractivity contribution < 1.29 is 5.11 Å². The second-order valence-corrected chi connectivity index (χ2v) is 5.66. The van der Waals surface area contributed by atoms with E-state index in [-0.39, 0.29) is 6.10 Å². The van der Waals surface area contributed by atoms with E-state index in [1.807, 2.05) is 12.4 Å². The highest BCUT2D eigenvalue weighted by Gasteiger charge is 2.29. The number of imidazole rings is 1. The van der Waals surface area contributed by atoms with Gasteiger partial charge >= 0.3 is 0 Å². The molecule has 1 saturated carbocycles. The summed E-state index contributed by atoms with van der Waals surface area (Å²) in [5.41, 5.74) is 0. The van der Waals surface area contributed by atoms with Crippen molar-refractivity contribution in [1.82, 2.24) is 9.55 Å². The van der Waals surface area contributed by atoms with Gasteiger partial charge in [-0.25, -0.2) is 4.98 Å². The number of aliphatic hydroxyl groups is 1. The minimum atomic E-state index is -0.209. The Labute approximate surface area is 110 Å². The van der Waals surface area contributed by atoms with E-state index in [2.05, 4.69) is 23.4 Å². The van der Waals surface area contributed by atoms with Crippen LogP contribution in [0.2, 0.25) is 0 Å². The number of aliphatic hydroxyl groups excluding tert-OH is 1. The molecule has 102 valence electrons. The Morgan fingerprint density at radius 3 is 2.94 bits per heavy atom. The molecule has 3 heteroatoms. The highest BCUT2D eigenvalue weighted by molar-refractivity contribution is 4.96. The van der Waals surface area contributed by atoms with Gasteiger partial charge in [0.25, 0.3) is 0 Å². The second-order valence-electron chi connectivity index (χ2n) is 5.66. The minimum absolute atomic E-state index is 0.209. The van der Waals surface area contributed by atoms with Crippen molar-refractivity contribution in [1.29, 1.82) is 0 Å². The molecule has 0 radical (unpaired) electrons. The zero-order chi connectivity index (χ0) is 13.0. The van der Waals surface area contributed by atoms with E-state index >= 15 is 0 Å². The fourth-order valence-electron chi connectivity index (χ4n) is 3.16. The van der Waals surface area contributed by atoms with E-state index in [0.717, 1.165) is 24.7 Å². The van der Waals surface area contributed by atoms with E-state index in [9.17, 15) is 5.11 Å². The van der Waals surface area contributed by atoms with Crippen LogP contribution in [-0.4, -0.2) is 20.8 Å². The van der Waals surface area contributed by atoms with Crippen molar-refractivity contribution in [3.05, 3.63) is 18.2 Å². The van der Waals surface area contributed by atoms with Crippen LogP contribution in [0.1, 0.15) is 51.8 Å². The Hall–Kier alpha value is -0.830. The van der Waals surface area contributed by atoms with E-state index < -0.39 is 0 Å². The van der Waals surface area contributed by atoms with Crippen LogP contribution in [0.25, 0.3) is 0 Å². The molecule has 1 heterocycles. The lowest BCUT2D eigenvalue weighted by Crippen LogP contribution is -2.23. The Kier molecular flexibility index (Phi) is 4.81. The van der Waals surface area contributed by atoms with Gasteiger partial charge in [0, 0.05) is 25.4 Å². The Balaban J connectivity index is 1.90. The van der Waals surface area contributed by atoms with Gasteiger partial charge in [0.1, 0.15) is 5.82 Å². The quantitative estimate of drug-likeness (QED) is 0.842. The topological polar surface area (TPSA) is 38.0 Å². The summed E-state index contributed by atoms with van der Waals surface area (Å²) in [5.74, 6) is 2.37. The molecule has 3 unspecified atom stereocenters. The van der Waals surface area contributed by atoms with Crippen LogP contribution in [-0.2, 0) is 13.0 Å². The van der Waals surface area contributed by atoms with Crippen LogP contribution in [0, 0.1) is 11.8 Å². The lowest BCUT2D eigenvalue weighted by molar-refractivity contribution is 0.105. The summed E-state index contributed by atoms with van der Waals surface area (Å²) in [4.78, 5) is 4.39. The largest absolute Gasteiger partial charge is 0.392 e. The number of hydrogen-bond acceptors (Lipinski definition) is 2. The molecule has 3 atom stereocenters. The van der Waals surface area contributed by atoms with Crippen LogP contribution in [0.3, 0.4) is 0 Å². The van der Waals surface area contributed by atoms with Crippen LogP contribution >= 0.6 is 0 Å². The molecule has 1 aromatic heterocycles. The summed E-state index contributed by atoms with van der Waals surface area (Å²) >= 11 is 0. The molecule has 1 aromatic rings. The molecule has 0 spiro atoms. The maximum absolute atomic E-state index is 10.4. The van der Waals surface area contributed by atoms with Gasteiger partial charge in [-0.3, -0.25) is 0 Å². The summed E-state index contributed by atoms with van der Waals surface area (Å²) in [7, 11) is 0. The Morgan fingerprint density at radius 1 is 1.44 bits per heavy atom. The lowest BCUT2D eigenvalue weighted by atomic mass is 9.96. The first kappa shape index (κ1) is 13.6. The second kappa shape index (κ2) is 6.37. The number of aromatic nitrogens is 2. The monoisotopic (exact) mass is 250 g/mol. The molecule has 1 fully saturated rings. The minimum Gasteiger partial charge on any atom is -0.392 e. The molecular formula is C15H26N2O. The Bertz CT molecular complexity index is 361. The average Bonchev–Trinajstić information content (AvgIpc) is 2.99. The third kappa shape index (κ3) is 3.14. The molecule has 0 bridgehead atoms. The average molecular weight is 250 g/mol. The number of rotatable bonds is 6. The van der Waals surface area contributed by atoms with Crippen LogP contribution < -0.4 is 0 Å². The molecule has 0 amide bonds. The van der Waals surface area contributed by atoms with Crippen LogP contribution in [0.4, 0.5) is 0 Å². The number of hydrogen-bond donors (Lipinski definition) is 1. The highest BCUT2D eigenvalue weighted by Crippen LogP contribution is 2.35. The molecule has 1 aliphatic carbocycles. The van der Waals surface area contributed by atoms with Gasteiger partial charge in [-0.1, -0.05) is 26.7 Å². The zero-order valence-corrected chi connectivity index (χ0v) is 11.7. The van der Waals surface area contributed by atoms with E-state index in [1.165, 1.54) is 25.7 Å². The predicted octanol–water partition coefficient (Wildman–Crippen LogP) is 3.02. The molecule has 0 aliphatic heterocycles. The third-order valence-electron chi connectivity index (χ3n) is 4.36. The van der Waals surface area contributed by atoms with Crippen molar-refractivity contribution >= 4 is 0 Å². The first-order valence-electron chi connectivity index (χ1n) is 7.42. The van der Waals surface area contributed by atoms with Crippen molar-refractivity contribution in [2.75, 3.05) is 0 Å². The molecule has 0 saturated heterocycles. The lowest BCUT2D eigenvalue weighted by Gasteiger charge is -2.18. The van der Waals surface area contributed by atoms with Gasteiger partial charge in [-0.15, -0.1) is 0 Å². The number of nitrogens with zero attached hydrogens (tertiary/aromatic N) is 2. The molecule has 2 rings (SSSR count). The number of aryl methyl sites for hydroxylation is 1. The van der Waals surface area contributed by atoms with Crippen LogP contribution in [0.5, 0.6) is 0 Å². The SMILES string of the molecule is CCCn1ccnc1CC(O)C1CCC(CC)C1. The summed E-state index contributed by atoms with van der Waals surface area (Å²) in [6.45, 7) is 5.43. The van der Waals surface area contributed by atoms with E-state index in [0.29, 0.717) is 12.3 Å². The maximum Gasteiger partial charge on any atom is 0.111 e. The van der Waals surface area contributed by atoms with Gasteiger partial charge < -0.3 is 9.67 Å². The van der Waals surface area contributed by atoms with Gasteiger partial charge in [0.05, 0.1) is 6.10 Å². The molecule has 3 nitrogen and oxygen atoms in total. The van der Waals surface area contributed by atoms with Crippen molar-refractivity contribution in [3.8, 4) is 0 Å². The van der Waals surface area contributed by atoms with E-state index in [4.69, 9.17) is 0 Å². The molecule has 0 aromatic carbocycles. The first-order chi connectivity index (χ1) is 8.74. The van der Waals surface area contributed by atoms with Crippen molar-refractivity contribution in [2.24, 2.45) is 11.8 Å². The first-order valence-corrected chi connectivity index (χ1v) is 7.42. The summed E-state index contributed by atoms with van der Waals surface area (Å²) in [5, 5.41) is 10.4. The van der Waals surface area contributed by atoms with Crippen molar-refractivity contribution in [2.45, 2.75) is 65.0 Å². The predicted molar refractivity (Wildman–Crippen MR) is 73.4 cm³/mol. The zero-order valence-electron chi connectivity index (χ0n) is 11.7. The Morgan fingerprint density at radius 2 is 2.28 bits per heavy atom. The summed E-state index contributed by atoms with van der Waals surface area (Å²) < 4.78 is 2.18. The van der Waals surface area contributed by atoms with Crippen molar-refractivity contribution in [3.63, 3.8) is 0 Å². The fraction of sp³-hybridized carbons (Fsp3) is 0.800. The van der Waals surface area contributed by atoms with Crippen LogP contribution in [0.15, 0.2) is 12.4 Å². The standard InChI is InChI=1S/C15H26N2O/c1-3-8-17-9-7-16-15(17)11-14(18)13-6-5-12(4-2)10-13/h7,9,12-14,18H,3-6,8,10-11H2,1-2H3. The summed E-state index contributed by atoms with van der Waals surface area (Å²) in [6.07, 6.45) is 10.4. The fourth-order valence-corrected chi connectivity index (χ4v) is 3.16. The molecular weight excluding hydrogens is 224 g/mol. The van der Waals surface area contributed by atoms with Gasteiger partial charge in [0.15, 0.2) is 0 Å². The molecule has 1 aliphatic rings.